The highest BCUT2D eigenvalue weighted by Gasteiger charge is 2.23. The predicted octanol–water partition coefficient (Wildman–Crippen LogP) is 3.84. The summed E-state index contributed by atoms with van der Waals surface area (Å²) in [5, 5.41) is 9.29. The number of esters is 1. The quantitative estimate of drug-likeness (QED) is 0.498. The Morgan fingerprint density at radius 3 is 2.62 bits per heavy atom. The van der Waals surface area contributed by atoms with Gasteiger partial charge < -0.3 is 23.5 Å². The summed E-state index contributed by atoms with van der Waals surface area (Å²) < 4.78 is 21.9. The maximum Gasteiger partial charge on any atom is 0.345 e. The first-order valence-electron chi connectivity index (χ1n) is 8.30. The maximum absolute atomic E-state index is 12.1. The first-order valence-corrected chi connectivity index (χ1v) is 9.29. The number of carbonyl (C=O) groups is 1. The fourth-order valence-electron chi connectivity index (χ4n) is 1.88. The van der Waals surface area contributed by atoms with Gasteiger partial charge >= 0.3 is 5.97 Å². The average Bonchev–Trinajstić information content (AvgIpc) is 3.15. The number of ether oxygens (including phenoxy) is 2. The van der Waals surface area contributed by atoms with Gasteiger partial charge in [0.05, 0.1) is 28.3 Å². The minimum Gasteiger partial charge on any atom is -0.482 e. The van der Waals surface area contributed by atoms with Gasteiger partial charge in [-0.3, -0.25) is 0 Å². The second-order valence-corrected chi connectivity index (χ2v) is 7.76. The molecule has 2 aromatic rings. The standard InChI is InChI=1S/C19H25O6P/c1-14-6-8-15(9-7-14)23-11-17(21)25-18(16-5-4-10-22-16)26-24-13-19(2,3)12-20/h4-10,18,20,26H,11-13H2,1-3H3. The minimum absolute atomic E-state index is 0.00702. The SMILES string of the molecule is Cc1ccc(OCC(=O)OC(POCC(C)(C)CO)c2ccco2)cc1. The van der Waals surface area contributed by atoms with Crippen LogP contribution in [0.2, 0.25) is 0 Å². The zero-order valence-corrected chi connectivity index (χ0v) is 16.2. The van der Waals surface area contributed by atoms with Crippen molar-refractivity contribution in [3.8, 4) is 5.75 Å². The molecule has 7 heteroatoms. The molecule has 0 aliphatic heterocycles. The van der Waals surface area contributed by atoms with E-state index < -0.39 is 11.8 Å². The average molecular weight is 380 g/mol. The highest BCUT2D eigenvalue weighted by molar-refractivity contribution is 7.32. The van der Waals surface area contributed by atoms with Gasteiger partial charge in [-0.2, -0.15) is 0 Å². The molecule has 0 aliphatic carbocycles. The summed E-state index contributed by atoms with van der Waals surface area (Å²) in [4.78, 5) is 12.1. The lowest BCUT2D eigenvalue weighted by molar-refractivity contribution is -0.148. The molecule has 1 N–H and O–H groups in total. The van der Waals surface area contributed by atoms with Crippen molar-refractivity contribution >= 4 is 14.8 Å². The topological polar surface area (TPSA) is 78.1 Å². The number of hydrogen-bond donors (Lipinski definition) is 1. The van der Waals surface area contributed by atoms with Gasteiger partial charge in [-0.05, 0) is 31.2 Å². The third kappa shape index (κ3) is 6.79. The number of rotatable bonds is 10. The Bertz CT molecular complexity index is 666. The molecule has 0 aliphatic rings. The van der Waals surface area contributed by atoms with Crippen molar-refractivity contribution in [1.29, 1.82) is 0 Å². The van der Waals surface area contributed by atoms with Crippen molar-refractivity contribution in [2.45, 2.75) is 26.6 Å². The Morgan fingerprint density at radius 2 is 2.00 bits per heavy atom. The van der Waals surface area contributed by atoms with Crippen LogP contribution in [-0.2, 0) is 14.1 Å². The molecule has 2 rings (SSSR count). The molecule has 1 aromatic heterocycles. The molecule has 2 atom stereocenters. The molecule has 1 aromatic carbocycles. The van der Waals surface area contributed by atoms with E-state index in [4.69, 9.17) is 18.4 Å². The summed E-state index contributed by atoms with van der Waals surface area (Å²) in [5.41, 5.74) is 0.751. The van der Waals surface area contributed by atoms with Gasteiger partial charge in [0.15, 0.2) is 18.2 Å². The van der Waals surface area contributed by atoms with Crippen LogP contribution in [-0.4, -0.2) is 30.9 Å². The highest BCUT2D eigenvalue weighted by atomic mass is 31.1. The van der Waals surface area contributed by atoms with E-state index in [0.717, 1.165) is 5.56 Å². The number of carbonyl (C=O) groups excluding carboxylic acids is 1. The van der Waals surface area contributed by atoms with Crippen molar-refractivity contribution in [1.82, 2.24) is 0 Å². The zero-order valence-electron chi connectivity index (χ0n) is 15.2. The number of benzene rings is 1. The third-order valence-electron chi connectivity index (χ3n) is 3.51. The summed E-state index contributed by atoms with van der Waals surface area (Å²) in [7, 11) is -0.147. The number of hydrogen-bond acceptors (Lipinski definition) is 6. The van der Waals surface area contributed by atoms with Gasteiger partial charge in [0.1, 0.15) is 5.75 Å². The molecule has 6 nitrogen and oxygen atoms in total. The second-order valence-electron chi connectivity index (χ2n) is 6.72. The van der Waals surface area contributed by atoms with Crippen LogP contribution < -0.4 is 4.74 Å². The van der Waals surface area contributed by atoms with E-state index in [-0.39, 0.29) is 27.4 Å². The van der Waals surface area contributed by atoms with E-state index in [1.807, 2.05) is 32.9 Å². The Kier molecular flexibility index (Phi) is 7.64. The van der Waals surface area contributed by atoms with E-state index in [9.17, 15) is 9.90 Å². The van der Waals surface area contributed by atoms with E-state index in [0.29, 0.717) is 18.1 Å². The fraction of sp³-hybridized carbons (Fsp3) is 0.421. The summed E-state index contributed by atoms with van der Waals surface area (Å²) in [6, 6.07) is 10.9. The fourth-order valence-corrected chi connectivity index (χ4v) is 2.97. The number of aryl methyl sites for hydroxylation is 1. The summed E-state index contributed by atoms with van der Waals surface area (Å²) >= 11 is 0. The molecular formula is C19H25O6P. The van der Waals surface area contributed by atoms with E-state index in [2.05, 4.69) is 0 Å². The molecule has 1 heterocycles. The van der Waals surface area contributed by atoms with E-state index in [1.54, 1.807) is 24.3 Å². The molecule has 0 fully saturated rings. The molecular weight excluding hydrogens is 355 g/mol. The first kappa shape index (κ1) is 20.4. The van der Waals surface area contributed by atoms with Crippen LogP contribution in [0.25, 0.3) is 0 Å². The zero-order chi connectivity index (χ0) is 19.0. The Morgan fingerprint density at radius 1 is 1.27 bits per heavy atom. The highest BCUT2D eigenvalue weighted by Crippen LogP contribution is 2.38. The Labute approximate surface area is 155 Å². The Hall–Kier alpha value is -1.88. The maximum atomic E-state index is 12.1. The minimum atomic E-state index is -0.645. The number of furan rings is 1. The van der Waals surface area contributed by atoms with Gasteiger partial charge in [-0.1, -0.05) is 31.5 Å². The van der Waals surface area contributed by atoms with E-state index in [1.165, 1.54) is 6.26 Å². The molecule has 0 radical (unpaired) electrons. The first-order chi connectivity index (χ1) is 12.4. The van der Waals surface area contributed by atoms with Crippen LogP contribution in [0.5, 0.6) is 5.75 Å². The predicted molar refractivity (Wildman–Crippen MR) is 99.3 cm³/mol. The normalized spacial score (nSPS) is 13.1. The lowest BCUT2D eigenvalue weighted by Crippen LogP contribution is -2.22. The largest absolute Gasteiger partial charge is 0.482 e. The molecule has 0 spiro atoms. The lowest BCUT2D eigenvalue weighted by atomic mass is 9.97. The third-order valence-corrected chi connectivity index (χ3v) is 4.44. The van der Waals surface area contributed by atoms with Crippen molar-refractivity contribution < 1.29 is 28.3 Å². The molecule has 2 unspecified atom stereocenters. The van der Waals surface area contributed by atoms with Crippen LogP contribution in [0.4, 0.5) is 0 Å². The molecule has 0 saturated heterocycles. The second kappa shape index (κ2) is 9.72. The van der Waals surface area contributed by atoms with Crippen molar-refractivity contribution in [2.24, 2.45) is 5.41 Å². The number of aliphatic hydroxyl groups excluding tert-OH is 1. The van der Waals surface area contributed by atoms with E-state index >= 15 is 0 Å². The summed E-state index contributed by atoms with van der Waals surface area (Å²) in [5.74, 6) is -0.0441. The monoisotopic (exact) mass is 380 g/mol. The van der Waals surface area contributed by atoms with Gasteiger partial charge in [-0.25, -0.2) is 4.79 Å². The lowest BCUT2D eigenvalue weighted by Gasteiger charge is -2.23. The molecule has 0 amide bonds. The van der Waals surface area contributed by atoms with Crippen molar-refractivity contribution in [3.63, 3.8) is 0 Å². The van der Waals surface area contributed by atoms with Crippen LogP contribution in [0.1, 0.15) is 31.0 Å². The molecule has 142 valence electrons. The van der Waals surface area contributed by atoms with Crippen molar-refractivity contribution in [2.75, 3.05) is 19.8 Å². The van der Waals surface area contributed by atoms with Gasteiger partial charge in [0, 0.05) is 5.41 Å². The van der Waals surface area contributed by atoms with Crippen LogP contribution in [0.3, 0.4) is 0 Å². The van der Waals surface area contributed by atoms with Crippen molar-refractivity contribution in [3.05, 3.63) is 54.0 Å². The van der Waals surface area contributed by atoms with Gasteiger partial charge in [-0.15, -0.1) is 0 Å². The molecule has 0 saturated carbocycles. The van der Waals surface area contributed by atoms with Gasteiger partial charge in [0.2, 0.25) is 0 Å². The molecule has 0 bridgehead atoms. The van der Waals surface area contributed by atoms with Crippen LogP contribution in [0, 0.1) is 12.3 Å². The molecule has 26 heavy (non-hydrogen) atoms. The van der Waals surface area contributed by atoms with Crippen LogP contribution in [0.15, 0.2) is 47.1 Å². The van der Waals surface area contributed by atoms with Crippen LogP contribution >= 0.6 is 8.81 Å². The number of aliphatic hydroxyl groups is 1. The summed E-state index contributed by atoms with van der Waals surface area (Å²) in [6.07, 6.45) is 1.51. The Balaban J connectivity index is 1.87. The summed E-state index contributed by atoms with van der Waals surface area (Å²) in [6.45, 7) is 5.91. The van der Waals surface area contributed by atoms with Gasteiger partial charge in [0.25, 0.3) is 0 Å². The smallest absolute Gasteiger partial charge is 0.345 e.